The van der Waals surface area contributed by atoms with Gasteiger partial charge in [-0.1, -0.05) is 6.08 Å². The number of carbonyl (C=O) groups is 1. The van der Waals surface area contributed by atoms with E-state index in [1.807, 2.05) is 32.9 Å². The molecule has 2 aromatic rings. The Kier molecular flexibility index (Phi) is 6.63. The van der Waals surface area contributed by atoms with E-state index in [4.69, 9.17) is 14.2 Å². The maximum atomic E-state index is 12.3. The van der Waals surface area contributed by atoms with E-state index >= 15 is 0 Å². The standard InChI is InChI=1S/C21H24O4/c1-5-24-20-13-16(14-21(15(20)3)25-6-2)7-12-19(22)17-8-10-18(23-4)11-9-17/h7-14H,5-6H2,1-4H3/b12-7+. The van der Waals surface area contributed by atoms with E-state index < -0.39 is 0 Å². The van der Waals surface area contributed by atoms with Crippen LogP contribution in [0.25, 0.3) is 6.08 Å². The molecule has 0 atom stereocenters. The van der Waals surface area contributed by atoms with Gasteiger partial charge in [-0.2, -0.15) is 0 Å². The fourth-order valence-electron chi connectivity index (χ4n) is 2.41. The van der Waals surface area contributed by atoms with E-state index in [2.05, 4.69) is 0 Å². The minimum atomic E-state index is -0.0702. The lowest BCUT2D eigenvalue weighted by Crippen LogP contribution is -2.00. The third kappa shape index (κ3) is 4.86. The fraction of sp³-hybridized carbons (Fsp3) is 0.286. The first-order valence-electron chi connectivity index (χ1n) is 8.35. The molecular weight excluding hydrogens is 316 g/mol. The number of hydrogen-bond donors (Lipinski definition) is 0. The molecule has 0 spiro atoms. The third-order valence-corrected chi connectivity index (χ3v) is 3.74. The molecule has 0 aromatic heterocycles. The summed E-state index contributed by atoms with van der Waals surface area (Å²) < 4.78 is 16.4. The molecule has 0 aliphatic rings. The van der Waals surface area contributed by atoms with Crippen molar-refractivity contribution in [2.75, 3.05) is 20.3 Å². The lowest BCUT2D eigenvalue weighted by Gasteiger charge is -2.13. The zero-order valence-electron chi connectivity index (χ0n) is 15.2. The lowest BCUT2D eigenvalue weighted by molar-refractivity contribution is 0.104. The van der Waals surface area contributed by atoms with Gasteiger partial charge >= 0.3 is 0 Å². The molecule has 0 saturated heterocycles. The monoisotopic (exact) mass is 340 g/mol. The normalized spacial score (nSPS) is 10.7. The second-order valence-electron chi connectivity index (χ2n) is 5.43. The van der Waals surface area contributed by atoms with Crippen molar-refractivity contribution >= 4 is 11.9 Å². The molecule has 2 rings (SSSR count). The highest BCUT2D eigenvalue weighted by Crippen LogP contribution is 2.30. The van der Waals surface area contributed by atoms with E-state index in [1.54, 1.807) is 43.5 Å². The Balaban J connectivity index is 2.24. The van der Waals surface area contributed by atoms with Gasteiger partial charge in [0.05, 0.1) is 20.3 Å². The van der Waals surface area contributed by atoms with Crippen molar-refractivity contribution in [3.63, 3.8) is 0 Å². The van der Waals surface area contributed by atoms with Crippen molar-refractivity contribution < 1.29 is 19.0 Å². The molecule has 0 bridgehead atoms. The van der Waals surface area contributed by atoms with Crippen LogP contribution in [-0.4, -0.2) is 26.1 Å². The number of ketones is 1. The highest BCUT2D eigenvalue weighted by molar-refractivity contribution is 6.06. The van der Waals surface area contributed by atoms with Crippen LogP contribution in [0.5, 0.6) is 17.2 Å². The van der Waals surface area contributed by atoms with Crippen LogP contribution in [0.15, 0.2) is 42.5 Å². The maximum absolute atomic E-state index is 12.3. The molecule has 0 amide bonds. The maximum Gasteiger partial charge on any atom is 0.185 e. The molecule has 0 fully saturated rings. The van der Waals surface area contributed by atoms with Crippen molar-refractivity contribution in [3.8, 4) is 17.2 Å². The molecule has 4 heteroatoms. The summed E-state index contributed by atoms with van der Waals surface area (Å²) in [4.78, 5) is 12.3. The van der Waals surface area contributed by atoms with Crippen LogP contribution in [0.4, 0.5) is 0 Å². The molecule has 132 valence electrons. The van der Waals surface area contributed by atoms with Gasteiger partial charge in [0.1, 0.15) is 17.2 Å². The molecule has 0 aliphatic carbocycles. The largest absolute Gasteiger partial charge is 0.497 e. The predicted molar refractivity (Wildman–Crippen MR) is 99.9 cm³/mol. The Hall–Kier alpha value is -2.75. The average molecular weight is 340 g/mol. The highest BCUT2D eigenvalue weighted by atomic mass is 16.5. The van der Waals surface area contributed by atoms with E-state index in [1.165, 1.54) is 0 Å². The molecule has 0 radical (unpaired) electrons. The Morgan fingerprint density at radius 1 is 1.00 bits per heavy atom. The summed E-state index contributed by atoms with van der Waals surface area (Å²) in [7, 11) is 1.60. The lowest BCUT2D eigenvalue weighted by atomic mass is 10.1. The molecule has 25 heavy (non-hydrogen) atoms. The van der Waals surface area contributed by atoms with Gasteiger partial charge in [0, 0.05) is 11.1 Å². The zero-order valence-corrected chi connectivity index (χ0v) is 15.2. The molecule has 0 unspecified atom stereocenters. The highest BCUT2D eigenvalue weighted by Gasteiger charge is 2.09. The Morgan fingerprint density at radius 3 is 2.04 bits per heavy atom. The molecule has 2 aromatic carbocycles. The van der Waals surface area contributed by atoms with Crippen LogP contribution in [0, 0.1) is 6.92 Å². The van der Waals surface area contributed by atoms with Gasteiger partial charge in [-0.05, 0) is 68.8 Å². The molecule has 0 saturated carbocycles. The number of carbonyl (C=O) groups excluding carboxylic acids is 1. The van der Waals surface area contributed by atoms with Crippen LogP contribution in [-0.2, 0) is 0 Å². The van der Waals surface area contributed by atoms with Crippen molar-refractivity contribution in [2.45, 2.75) is 20.8 Å². The number of hydrogen-bond acceptors (Lipinski definition) is 4. The summed E-state index contributed by atoms with van der Waals surface area (Å²) in [5.74, 6) is 2.19. The van der Waals surface area contributed by atoms with Gasteiger partial charge in [0.15, 0.2) is 5.78 Å². The van der Waals surface area contributed by atoms with E-state index in [9.17, 15) is 4.79 Å². The summed E-state index contributed by atoms with van der Waals surface area (Å²) in [5, 5.41) is 0. The summed E-state index contributed by atoms with van der Waals surface area (Å²) in [6.45, 7) is 6.99. The van der Waals surface area contributed by atoms with Crippen LogP contribution >= 0.6 is 0 Å². The van der Waals surface area contributed by atoms with Crippen LogP contribution in [0.2, 0.25) is 0 Å². The van der Waals surface area contributed by atoms with Gasteiger partial charge in [-0.15, -0.1) is 0 Å². The molecule has 0 heterocycles. The zero-order chi connectivity index (χ0) is 18.2. The van der Waals surface area contributed by atoms with Gasteiger partial charge in [-0.25, -0.2) is 0 Å². The SMILES string of the molecule is CCOc1cc(/C=C/C(=O)c2ccc(OC)cc2)cc(OCC)c1C. The van der Waals surface area contributed by atoms with E-state index in [0.29, 0.717) is 18.8 Å². The number of benzene rings is 2. The summed E-state index contributed by atoms with van der Waals surface area (Å²) in [5.41, 5.74) is 2.43. The number of methoxy groups -OCH3 is 1. The summed E-state index contributed by atoms with van der Waals surface area (Å²) in [6, 6.07) is 10.9. The first-order chi connectivity index (χ1) is 12.1. The first kappa shape index (κ1) is 18.6. The molecule has 0 aliphatic heterocycles. The minimum absolute atomic E-state index is 0.0702. The van der Waals surface area contributed by atoms with Crippen molar-refractivity contribution in [3.05, 3.63) is 59.2 Å². The molecule has 4 nitrogen and oxygen atoms in total. The second kappa shape index (κ2) is 8.92. The Labute approximate surface area is 149 Å². The van der Waals surface area contributed by atoms with Gasteiger partial charge in [0.25, 0.3) is 0 Å². The average Bonchev–Trinajstić information content (AvgIpc) is 2.63. The topological polar surface area (TPSA) is 44.8 Å². The minimum Gasteiger partial charge on any atom is -0.497 e. The van der Waals surface area contributed by atoms with Crippen molar-refractivity contribution in [2.24, 2.45) is 0 Å². The molecule has 0 N–H and O–H groups in total. The quantitative estimate of drug-likeness (QED) is 0.516. The number of allylic oxidation sites excluding steroid dienone is 1. The van der Waals surface area contributed by atoms with Gasteiger partial charge in [0.2, 0.25) is 0 Å². The fourth-order valence-corrected chi connectivity index (χ4v) is 2.41. The van der Waals surface area contributed by atoms with Crippen LogP contribution in [0.1, 0.15) is 35.3 Å². The predicted octanol–water partition coefficient (Wildman–Crippen LogP) is 4.70. The third-order valence-electron chi connectivity index (χ3n) is 3.74. The summed E-state index contributed by atoms with van der Waals surface area (Å²) >= 11 is 0. The van der Waals surface area contributed by atoms with Crippen LogP contribution < -0.4 is 14.2 Å². The summed E-state index contributed by atoms with van der Waals surface area (Å²) in [6.07, 6.45) is 3.33. The second-order valence-corrected chi connectivity index (χ2v) is 5.43. The smallest absolute Gasteiger partial charge is 0.185 e. The van der Waals surface area contributed by atoms with Crippen molar-refractivity contribution in [1.82, 2.24) is 0 Å². The Bertz CT molecular complexity index is 718. The van der Waals surface area contributed by atoms with E-state index in [0.717, 1.165) is 28.4 Å². The van der Waals surface area contributed by atoms with Crippen molar-refractivity contribution in [1.29, 1.82) is 0 Å². The first-order valence-corrected chi connectivity index (χ1v) is 8.35. The Morgan fingerprint density at radius 2 is 1.56 bits per heavy atom. The van der Waals surface area contributed by atoms with E-state index in [-0.39, 0.29) is 5.78 Å². The van der Waals surface area contributed by atoms with Gasteiger partial charge in [-0.3, -0.25) is 4.79 Å². The van der Waals surface area contributed by atoms with Gasteiger partial charge < -0.3 is 14.2 Å². The number of rotatable bonds is 8. The number of ether oxygens (including phenoxy) is 3. The molecular formula is C21H24O4. The van der Waals surface area contributed by atoms with Crippen LogP contribution in [0.3, 0.4) is 0 Å².